The van der Waals surface area contributed by atoms with E-state index in [-0.39, 0.29) is 11.6 Å². The molecule has 0 atom stereocenters. The molecule has 3 rings (SSSR count). The van der Waals surface area contributed by atoms with Gasteiger partial charge in [0.2, 0.25) is 0 Å². The SMILES string of the molecule is O=C(NC1CC(C(=O)O)C1)c1cc(F)cc2[nH]cnc12. The Balaban J connectivity index is 1.76. The Bertz CT molecular complexity index is 691. The predicted octanol–water partition coefficient (Wildman–Crippen LogP) is 1.29. The second-order valence-corrected chi connectivity index (χ2v) is 4.93. The zero-order chi connectivity index (χ0) is 14.3. The van der Waals surface area contributed by atoms with Crippen molar-refractivity contribution in [3.63, 3.8) is 0 Å². The number of carboxylic acids is 1. The summed E-state index contributed by atoms with van der Waals surface area (Å²) >= 11 is 0. The number of carbonyl (C=O) groups is 2. The van der Waals surface area contributed by atoms with Gasteiger partial charge in [-0.1, -0.05) is 0 Å². The van der Waals surface area contributed by atoms with Crippen molar-refractivity contribution in [1.29, 1.82) is 0 Å². The minimum atomic E-state index is -0.851. The van der Waals surface area contributed by atoms with Crippen LogP contribution in [0.25, 0.3) is 11.0 Å². The van der Waals surface area contributed by atoms with Gasteiger partial charge in [0, 0.05) is 6.04 Å². The van der Waals surface area contributed by atoms with E-state index in [4.69, 9.17) is 5.11 Å². The lowest BCUT2D eigenvalue weighted by Crippen LogP contribution is -2.46. The van der Waals surface area contributed by atoms with E-state index in [0.29, 0.717) is 23.9 Å². The highest BCUT2D eigenvalue weighted by Crippen LogP contribution is 2.28. The Hall–Kier alpha value is -2.44. The fourth-order valence-corrected chi connectivity index (χ4v) is 2.39. The number of hydrogen-bond donors (Lipinski definition) is 3. The summed E-state index contributed by atoms with van der Waals surface area (Å²) in [4.78, 5) is 29.5. The molecular weight excluding hydrogens is 265 g/mol. The lowest BCUT2D eigenvalue weighted by molar-refractivity contribution is -0.145. The number of benzene rings is 1. The van der Waals surface area contributed by atoms with Crippen LogP contribution in [0.5, 0.6) is 0 Å². The molecule has 0 saturated heterocycles. The molecule has 1 fully saturated rings. The van der Waals surface area contributed by atoms with Crippen LogP contribution in [-0.4, -0.2) is 33.0 Å². The summed E-state index contributed by atoms with van der Waals surface area (Å²) in [5.41, 5.74) is 1.00. The van der Waals surface area contributed by atoms with Crippen LogP contribution in [0.3, 0.4) is 0 Å². The van der Waals surface area contributed by atoms with Crippen LogP contribution in [0.15, 0.2) is 18.5 Å². The quantitative estimate of drug-likeness (QED) is 0.788. The molecule has 1 heterocycles. The first-order chi connectivity index (χ1) is 9.54. The molecular formula is C13H12FN3O3. The first-order valence-corrected chi connectivity index (χ1v) is 6.21. The highest BCUT2D eigenvalue weighted by Gasteiger charge is 2.35. The van der Waals surface area contributed by atoms with Gasteiger partial charge in [-0.15, -0.1) is 0 Å². The van der Waals surface area contributed by atoms with Crippen molar-refractivity contribution in [2.45, 2.75) is 18.9 Å². The molecule has 0 spiro atoms. The summed E-state index contributed by atoms with van der Waals surface area (Å²) in [6.07, 6.45) is 2.20. The van der Waals surface area contributed by atoms with E-state index < -0.39 is 23.6 Å². The first kappa shape index (κ1) is 12.6. The smallest absolute Gasteiger partial charge is 0.306 e. The van der Waals surface area contributed by atoms with Gasteiger partial charge >= 0.3 is 5.97 Å². The molecule has 20 heavy (non-hydrogen) atoms. The summed E-state index contributed by atoms with van der Waals surface area (Å²) in [5, 5.41) is 11.5. The minimum Gasteiger partial charge on any atom is -0.481 e. The van der Waals surface area contributed by atoms with Crippen LogP contribution in [0, 0.1) is 11.7 Å². The van der Waals surface area contributed by atoms with E-state index in [1.807, 2.05) is 0 Å². The van der Waals surface area contributed by atoms with Gasteiger partial charge < -0.3 is 15.4 Å². The number of fused-ring (bicyclic) bond motifs is 1. The number of aliphatic carboxylic acids is 1. The van der Waals surface area contributed by atoms with Crippen LogP contribution in [0.1, 0.15) is 23.2 Å². The van der Waals surface area contributed by atoms with Gasteiger partial charge in [0.05, 0.1) is 23.3 Å². The van der Waals surface area contributed by atoms with Crippen LogP contribution in [-0.2, 0) is 4.79 Å². The van der Waals surface area contributed by atoms with E-state index in [2.05, 4.69) is 15.3 Å². The Morgan fingerprint density at radius 2 is 2.15 bits per heavy atom. The Kier molecular flexibility index (Phi) is 2.89. The largest absolute Gasteiger partial charge is 0.481 e. The molecule has 0 radical (unpaired) electrons. The van der Waals surface area contributed by atoms with E-state index in [0.717, 1.165) is 6.07 Å². The van der Waals surface area contributed by atoms with E-state index >= 15 is 0 Å². The molecule has 1 aromatic heterocycles. The lowest BCUT2D eigenvalue weighted by Gasteiger charge is -2.32. The summed E-state index contributed by atoms with van der Waals surface area (Å²) in [6.45, 7) is 0. The molecule has 1 aromatic carbocycles. The summed E-state index contributed by atoms with van der Waals surface area (Å²) in [7, 11) is 0. The van der Waals surface area contributed by atoms with Crippen molar-refractivity contribution in [1.82, 2.24) is 15.3 Å². The van der Waals surface area contributed by atoms with Crippen molar-refractivity contribution in [3.8, 4) is 0 Å². The van der Waals surface area contributed by atoms with E-state index in [1.165, 1.54) is 12.4 Å². The van der Waals surface area contributed by atoms with E-state index in [9.17, 15) is 14.0 Å². The number of hydrogen-bond acceptors (Lipinski definition) is 3. The molecule has 1 aliphatic carbocycles. The van der Waals surface area contributed by atoms with Crippen LogP contribution < -0.4 is 5.32 Å². The summed E-state index contributed by atoms with van der Waals surface area (Å²) in [6, 6.07) is 2.22. The van der Waals surface area contributed by atoms with Gasteiger partial charge in [0.15, 0.2) is 0 Å². The fourth-order valence-electron chi connectivity index (χ4n) is 2.39. The topological polar surface area (TPSA) is 95.1 Å². The van der Waals surface area contributed by atoms with Crippen molar-refractivity contribution in [2.75, 3.05) is 0 Å². The number of aromatic nitrogens is 2. The molecule has 1 aliphatic rings. The van der Waals surface area contributed by atoms with Gasteiger partial charge in [0.1, 0.15) is 11.3 Å². The van der Waals surface area contributed by atoms with Gasteiger partial charge in [-0.3, -0.25) is 9.59 Å². The number of H-pyrrole nitrogens is 1. The first-order valence-electron chi connectivity index (χ1n) is 6.21. The molecule has 104 valence electrons. The maximum absolute atomic E-state index is 13.4. The van der Waals surface area contributed by atoms with Gasteiger partial charge in [-0.25, -0.2) is 9.37 Å². The number of carboxylic acid groups (broad SMARTS) is 1. The lowest BCUT2D eigenvalue weighted by atomic mass is 9.80. The third kappa shape index (κ3) is 2.11. The third-order valence-electron chi connectivity index (χ3n) is 3.56. The zero-order valence-corrected chi connectivity index (χ0v) is 10.4. The number of amides is 1. The summed E-state index contributed by atoms with van der Waals surface area (Å²) in [5.74, 6) is -2.21. The number of rotatable bonds is 3. The van der Waals surface area contributed by atoms with Crippen molar-refractivity contribution in [2.24, 2.45) is 5.92 Å². The average molecular weight is 277 g/mol. The number of carbonyl (C=O) groups excluding carboxylic acids is 1. The fraction of sp³-hybridized carbons (Fsp3) is 0.308. The molecule has 2 aromatic rings. The zero-order valence-electron chi connectivity index (χ0n) is 10.4. The maximum Gasteiger partial charge on any atom is 0.306 e. The molecule has 0 unspecified atom stereocenters. The Morgan fingerprint density at radius 1 is 1.40 bits per heavy atom. The standard InChI is InChI=1S/C13H12FN3O3/c14-7-3-9(11-10(4-7)15-5-16-11)12(18)17-8-1-6(2-8)13(19)20/h3-6,8H,1-2H2,(H,15,16)(H,17,18)(H,19,20). The Labute approximate surface area is 113 Å². The Morgan fingerprint density at radius 3 is 2.85 bits per heavy atom. The summed E-state index contributed by atoms with van der Waals surface area (Å²) < 4.78 is 13.4. The average Bonchev–Trinajstić information content (AvgIpc) is 2.79. The second-order valence-electron chi connectivity index (χ2n) is 4.93. The molecule has 7 heteroatoms. The predicted molar refractivity (Wildman–Crippen MR) is 67.7 cm³/mol. The third-order valence-corrected chi connectivity index (χ3v) is 3.56. The molecule has 1 amide bonds. The number of aromatic amines is 1. The van der Waals surface area contributed by atoms with Crippen LogP contribution in [0.4, 0.5) is 4.39 Å². The van der Waals surface area contributed by atoms with Gasteiger partial charge in [0.25, 0.3) is 5.91 Å². The van der Waals surface area contributed by atoms with Crippen LogP contribution >= 0.6 is 0 Å². The molecule has 0 bridgehead atoms. The normalized spacial score (nSPS) is 21.4. The number of nitrogens with one attached hydrogen (secondary N) is 2. The minimum absolute atomic E-state index is 0.153. The molecule has 1 saturated carbocycles. The molecule has 0 aliphatic heterocycles. The highest BCUT2D eigenvalue weighted by molar-refractivity contribution is 6.05. The number of halogens is 1. The monoisotopic (exact) mass is 277 g/mol. The molecule has 3 N–H and O–H groups in total. The molecule has 6 nitrogen and oxygen atoms in total. The maximum atomic E-state index is 13.4. The second kappa shape index (κ2) is 4.59. The van der Waals surface area contributed by atoms with Crippen LogP contribution in [0.2, 0.25) is 0 Å². The van der Waals surface area contributed by atoms with E-state index in [1.54, 1.807) is 0 Å². The van der Waals surface area contributed by atoms with Gasteiger partial charge in [-0.2, -0.15) is 0 Å². The number of nitrogens with zero attached hydrogens (tertiary/aromatic N) is 1. The van der Waals surface area contributed by atoms with Crippen molar-refractivity contribution < 1.29 is 19.1 Å². The van der Waals surface area contributed by atoms with Crippen molar-refractivity contribution in [3.05, 3.63) is 29.8 Å². The van der Waals surface area contributed by atoms with Crippen molar-refractivity contribution >= 4 is 22.9 Å². The highest BCUT2D eigenvalue weighted by atomic mass is 19.1. The number of imidazole rings is 1. The van der Waals surface area contributed by atoms with Gasteiger partial charge in [-0.05, 0) is 25.0 Å².